The van der Waals surface area contributed by atoms with E-state index in [1.807, 2.05) is 18.2 Å². The number of likely N-dealkylation sites (tertiary alicyclic amines) is 1. The fourth-order valence-corrected chi connectivity index (χ4v) is 2.78. The van der Waals surface area contributed by atoms with Gasteiger partial charge in [-0.25, -0.2) is 0 Å². The Balaban J connectivity index is 0.00000242. The van der Waals surface area contributed by atoms with Crippen molar-refractivity contribution in [2.75, 3.05) is 26.2 Å². The average Bonchev–Trinajstić information content (AvgIpc) is 2.98. The zero-order chi connectivity index (χ0) is 15.1. The molecule has 2 rings (SSSR count). The third-order valence-corrected chi connectivity index (χ3v) is 3.92. The first kappa shape index (κ1) is 22.2. The lowest BCUT2D eigenvalue weighted by molar-refractivity contribution is 0.0950. The van der Waals surface area contributed by atoms with Gasteiger partial charge in [0.15, 0.2) is 0 Å². The maximum absolute atomic E-state index is 12.2. The van der Waals surface area contributed by atoms with Crippen LogP contribution < -0.4 is 10.6 Å². The molecule has 6 heteroatoms. The molecule has 1 atom stereocenters. The summed E-state index contributed by atoms with van der Waals surface area (Å²) < 4.78 is 0. The monoisotopic (exact) mass is 361 g/mol. The summed E-state index contributed by atoms with van der Waals surface area (Å²) in [5, 5.41) is 6.28. The van der Waals surface area contributed by atoms with Crippen LogP contribution >= 0.6 is 24.8 Å². The topological polar surface area (TPSA) is 44.4 Å². The zero-order valence-electron chi connectivity index (χ0n) is 14.0. The molecule has 0 spiro atoms. The van der Waals surface area contributed by atoms with E-state index in [9.17, 15) is 4.79 Å². The minimum absolute atomic E-state index is 0. The Morgan fingerprint density at radius 1 is 1.26 bits per heavy atom. The van der Waals surface area contributed by atoms with E-state index in [0.717, 1.165) is 18.7 Å². The summed E-state index contributed by atoms with van der Waals surface area (Å²) in [4.78, 5) is 14.6. The van der Waals surface area contributed by atoms with E-state index < -0.39 is 0 Å². The molecule has 1 aliphatic rings. The van der Waals surface area contributed by atoms with Gasteiger partial charge in [-0.05, 0) is 57.1 Å². The fraction of sp³-hybridized carbons (Fsp3) is 0.588. The minimum atomic E-state index is 0. The van der Waals surface area contributed by atoms with Gasteiger partial charge in [0.25, 0.3) is 5.91 Å². The lowest BCUT2D eigenvalue weighted by Crippen LogP contribution is -2.38. The van der Waals surface area contributed by atoms with Crippen LogP contribution in [0.25, 0.3) is 0 Å². The predicted molar refractivity (Wildman–Crippen MR) is 101 cm³/mol. The predicted octanol–water partition coefficient (Wildman–Crippen LogP) is 2.85. The number of benzene rings is 1. The fourth-order valence-electron chi connectivity index (χ4n) is 2.78. The summed E-state index contributed by atoms with van der Waals surface area (Å²) in [6.45, 7) is 9.03. The molecule has 0 aromatic heterocycles. The van der Waals surface area contributed by atoms with Gasteiger partial charge < -0.3 is 10.6 Å². The first-order chi connectivity index (χ1) is 10.2. The Morgan fingerprint density at radius 3 is 2.61 bits per heavy atom. The average molecular weight is 362 g/mol. The van der Waals surface area contributed by atoms with Crippen molar-refractivity contribution in [1.82, 2.24) is 15.5 Å². The van der Waals surface area contributed by atoms with E-state index in [2.05, 4.69) is 35.4 Å². The molecule has 1 fully saturated rings. The molecule has 1 aromatic carbocycles. The van der Waals surface area contributed by atoms with E-state index in [-0.39, 0.29) is 30.7 Å². The van der Waals surface area contributed by atoms with E-state index in [4.69, 9.17) is 0 Å². The standard InChI is InChI=1S/C17H27N3O.2ClH/c1-3-18-14(2)12-19-17(21)16-8-6-7-15(11-16)13-20-9-4-5-10-20;;/h6-8,11,14,18H,3-5,9-10,12-13H2,1-2H3,(H,19,21);2*1H/t14-;;/m1../s1. The molecule has 0 unspecified atom stereocenters. The van der Waals surface area contributed by atoms with Crippen LogP contribution in [0.3, 0.4) is 0 Å². The number of carbonyl (C=O) groups excluding carboxylic acids is 1. The number of hydrogen-bond donors (Lipinski definition) is 2. The van der Waals surface area contributed by atoms with Gasteiger partial charge in [-0.15, -0.1) is 24.8 Å². The van der Waals surface area contributed by atoms with Crippen LogP contribution in [0.2, 0.25) is 0 Å². The quantitative estimate of drug-likeness (QED) is 0.784. The SMILES string of the molecule is CCN[C@H](C)CNC(=O)c1cccc(CN2CCCC2)c1.Cl.Cl. The Morgan fingerprint density at radius 2 is 1.96 bits per heavy atom. The van der Waals surface area contributed by atoms with Crippen molar-refractivity contribution in [3.05, 3.63) is 35.4 Å². The number of rotatable bonds is 7. The molecule has 0 aliphatic carbocycles. The Hall–Kier alpha value is -0.810. The van der Waals surface area contributed by atoms with Crippen molar-refractivity contribution in [3.8, 4) is 0 Å². The minimum Gasteiger partial charge on any atom is -0.350 e. The van der Waals surface area contributed by atoms with Crippen LogP contribution in [0.15, 0.2) is 24.3 Å². The lowest BCUT2D eigenvalue weighted by atomic mass is 10.1. The molecule has 132 valence electrons. The molecule has 1 heterocycles. The summed E-state index contributed by atoms with van der Waals surface area (Å²) in [6, 6.07) is 8.29. The van der Waals surface area contributed by atoms with Crippen molar-refractivity contribution >= 4 is 30.7 Å². The van der Waals surface area contributed by atoms with Gasteiger partial charge in [0, 0.05) is 24.7 Å². The highest BCUT2D eigenvalue weighted by atomic mass is 35.5. The molecule has 2 N–H and O–H groups in total. The van der Waals surface area contributed by atoms with Crippen molar-refractivity contribution in [1.29, 1.82) is 0 Å². The molecule has 0 radical (unpaired) electrons. The smallest absolute Gasteiger partial charge is 0.251 e. The maximum Gasteiger partial charge on any atom is 0.251 e. The van der Waals surface area contributed by atoms with E-state index in [0.29, 0.717) is 12.6 Å². The Kier molecular flexibility index (Phi) is 11.3. The third kappa shape index (κ3) is 7.53. The number of likely N-dealkylation sites (N-methyl/N-ethyl adjacent to an activating group) is 1. The highest BCUT2D eigenvalue weighted by molar-refractivity contribution is 5.94. The zero-order valence-corrected chi connectivity index (χ0v) is 15.6. The first-order valence-electron chi connectivity index (χ1n) is 8.02. The van der Waals surface area contributed by atoms with Crippen molar-refractivity contribution in [2.24, 2.45) is 0 Å². The van der Waals surface area contributed by atoms with Gasteiger partial charge in [0.2, 0.25) is 0 Å². The summed E-state index contributed by atoms with van der Waals surface area (Å²) >= 11 is 0. The number of amides is 1. The number of nitrogens with zero attached hydrogens (tertiary/aromatic N) is 1. The summed E-state index contributed by atoms with van der Waals surface area (Å²) in [6.07, 6.45) is 2.59. The number of hydrogen-bond acceptors (Lipinski definition) is 3. The second-order valence-corrected chi connectivity index (χ2v) is 5.85. The summed E-state index contributed by atoms with van der Waals surface area (Å²) in [5.74, 6) is 0.0167. The second kappa shape index (κ2) is 11.7. The lowest BCUT2D eigenvalue weighted by Gasteiger charge is -2.16. The van der Waals surface area contributed by atoms with Gasteiger partial charge in [0.1, 0.15) is 0 Å². The maximum atomic E-state index is 12.2. The largest absolute Gasteiger partial charge is 0.350 e. The van der Waals surface area contributed by atoms with Crippen LogP contribution in [0, 0.1) is 0 Å². The van der Waals surface area contributed by atoms with Gasteiger partial charge in [0.05, 0.1) is 0 Å². The molecule has 1 aromatic rings. The number of carbonyl (C=O) groups is 1. The van der Waals surface area contributed by atoms with Crippen LogP contribution in [-0.4, -0.2) is 43.0 Å². The van der Waals surface area contributed by atoms with E-state index >= 15 is 0 Å². The van der Waals surface area contributed by atoms with Crippen LogP contribution in [0.4, 0.5) is 0 Å². The molecule has 1 aliphatic heterocycles. The Labute approximate surface area is 152 Å². The van der Waals surface area contributed by atoms with Crippen LogP contribution in [-0.2, 0) is 6.54 Å². The van der Waals surface area contributed by atoms with E-state index in [1.54, 1.807) is 0 Å². The van der Waals surface area contributed by atoms with E-state index in [1.165, 1.54) is 31.5 Å². The molecule has 1 saturated heterocycles. The van der Waals surface area contributed by atoms with Gasteiger partial charge in [-0.1, -0.05) is 19.1 Å². The molecule has 0 bridgehead atoms. The molecule has 1 amide bonds. The number of halogens is 2. The molecule has 4 nitrogen and oxygen atoms in total. The number of nitrogens with one attached hydrogen (secondary N) is 2. The van der Waals surface area contributed by atoms with Crippen molar-refractivity contribution in [2.45, 2.75) is 39.3 Å². The molecule has 0 saturated carbocycles. The van der Waals surface area contributed by atoms with Crippen LogP contribution in [0.5, 0.6) is 0 Å². The molecule has 23 heavy (non-hydrogen) atoms. The molecular formula is C17H29Cl2N3O. The third-order valence-electron chi connectivity index (χ3n) is 3.92. The first-order valence-corrected chi connectivity index (χ1v) is 8.02. The van der Waals surface area contributed by atoms with Crippen molar-refractivity contribution < 1.29 is 4.79 Å². The highest BCUT2D eigenvalue weighted by Crippen LogP contribution is 2.13. The van der Waals surface area contributed by atoms with Gasteiger partial charge >= 0.3 is 0 Å². The molecular weight excluding hydrogens is 333 g/mol. The summed E-state index contributed by atoms with van der Waals surface area (Å²) in [5.41, 5.74) is 1.99. The van der Waals surface area contributed by atoms with Crippen molar-refractivity contribution in [3.63, 3.8) is 0 Å². The second-order valence-electron chi connectivity index (χ2n) is 5.85. The normalized spacial score (nSPS) is 15.4. The van der Waals surface area contributed by atoms with Crippen LogP contribution in [0.1, 0.15) is 42.6 Å². The van der Waals surface area contributed by atoms with Gasteiger partial charge in [-0.3, -0.25) is 9.69 Å². The highest BCUT2D eigenvalue weighted by Gasteiger charge is 2.13. The van der Waals surface area contributed by atoms with Gasteiger partial charge in [-0.2, -0.15) is 0 Å². The Bertz CT molecular complexity index is 465. The summed E-state index contributed by atoms with van der Waals surface area (Å²) in [7, 11) is 0.